The molecule has 2 N–H and O–H groups in total. The summed E-state index contributed by atoms with van der Waals surface area (Å²) in [7, 11) is 4.12. The van der Waals surface area contributed by atoms with Crippen molar-refractivity contribution < 1.29 is 5.11 Å². The van der Waals surface area contributed by atoms with Crippen LogP contribution in [-0.4, -0.2) is 34.8 Å². The summed E-state index contributed by atoms with van der Waals surface area (Å²) < 4.78 is 0. The van der Waals surface area contributed by atoms with Crippen LogP contribution >= 0.6 is 0 Å². The number of hydrogen-bond donors (Lipinski definition) is 2. The van der Waals surface area contributed by atoms with Crippen molar-refractivity contribution in [3.63, 3.8) is 0 Å². The molecule has 0 amide bonds. The minimum Gasteiger partial charge on any atom is -0.494 e. The summed E-state index contributed by atoms with van der Waals surface area (Å²) in [5.74, 6) is 0.119. The van der Waals surface area contributed by atoms with Crippen LogP contribution in [0.4, 0.5) is 5.69 Å². The van der Waals surface area contributed by atoms with Crippen molar-refractivity contribution in [2.45, 2.75) is 13.5 Å². The molecule has 5 aromatic rings. The molecular formula is C31H29N3O. The number of H-pyrrole nitrogens is 1. The molecule has 5 rings (SSSR count). The van der Waals surface area contributed by atoms with E-state index in [1.165, 1.54) is 16.7 Å². The van der Waals surface area contributed by atoms with Crippen LogP contribution in [0.15, 0.2) is 102 Å². The van der Waals surface area contributed by atoms with E-state index in [0.717, 1.165) is 40.0 Å². The van der Waals surface area contributed by atoms with Gasteiger partial charge in [-0.25, -0.2) is 4.99 Å². The summed E-state index contributed by atoms with van der Waals surface area (Å²) in [5, 5.41) is 12.0. The molecule has 174 valence electrons. The fraction of sp³-hybridized carbons (Fsp3) is 0.129. The summed E-state index contributed by atoms with van der Waals surface area (Å²) in [6.45, 7) is 2.99. The van der Waals surface area contributed by atoms with E-state index in [1.54, 1.807) is 0 Å². The van der Waals surface area contributed by atoms with Gasteiger partial charge in [-0.2, -0.15) is 0 Å². The number of nitrogens with zero attached hydrogens (tertiary/aromatic N) is 2. The van der Waals surface area contributed by atoms with E-state index in [9.17, 15) is 5.11 Å². The van der Waals surface area contributed by atoms with Gasteiger partial charge < -0.3 is 15.0 Å². The Balaban J connectivity index is 1.63. The highest BCUT2D eigenvalue weighted by Crippen LogP contribution is 2.34. The maximum atomic E-state index is 11.1. The molecule has 0 saturated heterocycles. The molecule has 0 fully saturated rings. The van der Waals surface area contributed by atoms with Gasteiger partial charge in [0.2, 0.25) is 0 Å². The number of hydrogen-bond acceptors (Lipinski definition) is 3. The van der Waals surface area contributed by atoms with Gasteiger partial charge in [-0.3, -0.25) is 0 Å². The van der Waals surface area contributed by atoms with Crippen molar-refractivity contribution in [2.75, 3.05) is 14.1 Å². The number of fused-ring (bicyclic) bond motifs is 1. The quantitative estimate of drug-likeness (QED) is 0.267. The Kier molecular flexibility index (Phi) is 6.21. The first-order valence-corrected chi connectivity index (χ1v) is 11.8. The van der Waals surface area contributed by atoms with Gasteiger partial charge in [0.1, 0.15) is 0 Å². The Labute approximate surface area is 206 Å². The summed E-state index contributed by atoms with van der Waals surface area (Å²) >= 11 is 0. The average molecular weight is 460 g/mol. The number of benzene rings is 4. The molecule has 4 aromatic carbocycles. The maximum absolute atomic E-state index is 11.1. The zero-order valence-electron chi connectivity index (χ0n) is 20.3. The van der Waals surface area contributed by atoms with Crippen LogP contribution in [0.1, 0.15) is 22.3 Å². The lowest BCUT2D eigenvalue weighted by Gasteiger charge is -2.11. The van der Waals surface area contributed by atoms with Crippen molar-refractivity contribution in [3.05, 3.63) is 119 Å². The van der Waals surface area contributed by atoms with Crippen molar-refractivity contribution in [2.24, 2.45) is 4.99 Å². The van der Waals surface area contributed by atoms with Crippen molar-refractivity contribution in [1.82, 2.24) is 9.88 Å². The Morgan fingerprint density at radius 1 is 0.857 bits per heavy atom. The second-order valence-electron chi connectivity index (χ2n) is 9.15. The number of aryl methyl sites for hydroxylation is 1. The van der Waals surface area contributed by atoms with Crippen molar-refractivity contribution in [3.8, 4) is 17.0 Å². The van der Waals surface area contributed by atoms with Crippen molar-refractivity contribution >= 4 is 22.3 Å². The number of aromatic hydroxyl groups is 1. The highest BCUT2D eigenvalue weighted by atomic mass is 16.3. The Morgan fingerprint density at radius 3 is 2.29 bits per heavy atom. The number of rotatable bonds is 6. The molecule has 0 spiro atoms. The molecule has 0 aliphatic heterocycles. The van der Waals surface area contributed by atoms with E-state index in [4.69, 9.17) is 4.99 Å². The second kappa shape index (κ2) is 9.61. The monoisotopic (exact) mass is 459 g/mol. The molecule has 0 saturated carbocycles. The van der Waals surface area contributed by atoms with Crippen LogP contribution in [0.25, 0.3) is 22.0 Å². The molecule has 0 aliphatic carbocycles. The summed E-state index contributed by atoms with van der Waals surface area (Å²) in [6.07, 6.45) is 0. The smallest absolute Gasteiger partial charge is 0.199 e. The summed E-state index contributed by atoms with van der Waals surface area (Å²) in [6, 6.07) is 32.9. The van der Waals surface area contributed by atoms with E-state index in [2.05, 4.69) is 73.4 Å². The van der Waals surface area contributed by atoms with Gasteiger partial charge in [0.05, 0.1) is 17.0 Å². The Bertz CT molecular complexity index is 1500. The molecular weight excluding hydrogens is 430 g/mol. The first kappa shape index (κ1) is 22.6. The third-order valence-corrected chi connectivity index (χ3v) is 6.19. The van der Waals surface area contributed by atoms with Gasteiger partial charge in [-0.05, 0) is 61.5 Å². The van der Waals surface area contributed by atoms with Gasteiger partial charge in [-0.15, -0.1) is 0 Å². The number of aliphatic imine (C=N–C) groups is 1. The zero-order chi connectivity index (χ0) is 24.4. The SMILES string of the molecule is Cc1ccccc1-c1ccc2c(C(=Nc3ccc(CN(C)C)cc3)c3ccccc3)c(O)[nH]c2c1. The largest absolute Gasteiger partial charge is 0.494 e. The molecule has 35 heavy (non-hydrogen) atoms. The topological polar surface area (TPSA) is 51.6 Å². The fourth-order valence-electron chi connectivity index (χ4n) is 4.52. The predicted molar refractivity (Wildman–Crippen MR) is 146 cm³/mol. The second-order valence-corrected chi connectivity index (χ2v) is 9.15. The minimum absolute atomic E-state index is 0.119. The van der Waals surface area contributed by atoms with Crippen molar-refractivity contribution in [1.29, 1.82) is 0 Å². The van der Waals surface area contributed by atoms with E-state index in [1.807, 2.05) is 54.6 Å². The molecule has 1 aromatic heterocycles. The molecule has 4 heteroatoms. The molecule has 4 nitrogen and oxygen atoms in total. The van der Waals surface area contributed by atoms with E-state index >= 15 is 0 Å². The predicted octanol–water partition coefficient (Wildman–Crippen LogP) is 7.08. The molecule has 1 heterocycles. The van der Waals surface area contributed by atoms with Gasteiger partial charge in [0, 0.05) is 23.0 Å². The van der Waals surface area contributed by atoms with E-state index < -0.39 is 0 Å². The third kappa shape index (κ3) is 4.75. The van der Waals surface area contributed by atoms with Gasteiger partial charge in [-0.1, -0.05) is 78.9 Å². The van der Waals surface area contributed by atoms with Crippen LogP contribution in [-0.2, 0) is 6.54 Å². The lowest BCUT2D eigenvalue weighted by molar-refractivity contribution is 0.402. The fourth-order valence-corrected chi connectivity index (χ4v) is 4.52. The molecule has 0 radical (unpaired) electrons. The normalized spacial score (nSPS) is 11.9. The average Bonchev–Trinajstić information content (AvgIpc) is 3.18. The van der Waals surface area contributed by atoms with Crippen LogP contribution in [0.3, 0.4) is 0 Å². The number of aromatic nitrogens is 1. The Hall–Kier alpha value is -4.15. The first-order valence-electron chi connectivity index (χ1n) is 11.8. The maximum Gasteiger partial charge on any atom is 0.199 e. The molecule has 0 aliphatic rings. The zero-order valence-corrected chi connectivity index (χ0v) is 20.3. The summed E-state index contributed by atoms with van der Waals surface area (Å²) in [5.41, 5.74) is 8.85. The van der Waals surface area contributed by atoms with Crippen LogP contribution in [0, 0.1) is 6.92 Å². The number of aromatic amines is 1. The van der Waals surface area contributed by atoms with Crippen LogP contribution in [0.2, 0.25) is 0 Å². The molecule has 0 bridgehead atoms. The van der Waals surface area contributed by atoms with Crippen LogP contribution < -0.4 is 0 Å². The van der Waals surface area contributed by atoms with Crippen LogP contribution in [0.5, 0.6) is 5.88 Å². The van der Waals surface area contributed by atoms with Gasteiger partial charge in [0.15, 0.2) is 5.88 Å². The number of nitrogens with one attached hydrogen (secondary N) is 1. The Morgan fingerprint density at radius 2 is 1.57 bits per heavy atom. The summed E-state index contributed by atoms with van der Waals surface area (Å²) in [4.78, 5) is 10.4. The standard InChI is InChI=1S/C31H29N3O/c1-21-9-7-8-12-26(21)24-15-18-27-28(19-24)33-31(35)29(27)30(23-10-5-4-6-11-23)32-25-16-13-22(14-17-25)20-34(2)3/h4-19,33,35H,20H2,1-3H3. The van der Waals surface area contributed by atoms with E-state index in [-0.39, 0.29) is 5.88 Å². The third-order valence-electron chi connectivity index (χ3n) is 6.19. The molecule has 0 atom stereocenters. The lowest BCUT2D eigenvalue weighted by atomic mass is 9.97. The van der Waals surface area contributed by atoms with E-state index in [0.29, 0.717) is 5.56 Å². The van der Waals surface area contributed by atoms with Gasteiger partial charge >= 0.3 is 0 Å². The highest BCUT2D eigenvalue weighted by molar-refractivity contribution is 6.22. The minimum atomic E-state index is 0.119. The van der Waals surface area contributed by atoms with Gasteiger partial charge in [0.25, 0.3) is 0 Å². The highest BCUT2D eigenvalue weighted by Gasteiger charge is 2.19. The first-order chi connectivity index (χ1) is 17.0. The molecule has 0 unspecified atom stereocenters. The lowest BCUT2D eigenvalue weighted by Crippen LogP contribution is -2.10.